The third-order valence-electron chi connectivity index (χ3n) is 3.45. The molecule has 0 radical (unpaired) electrons. The van der Waals surface area contributed by atoms with Gasteiger partial charge in [0.2, 0.25) is 5.91 Å². The maximum Gasteiger partial charge on any atom is 0.239 e. The molecule has 140 valence electrons. The van der Waals surface area contributed by atoms with E-state index in [1.54, 1.807) is 20.4 Å². The van der Waals surface area contributed by atoms with E-state index in [0.29, 0.717) is 19.0 Å². The first-order chi connectivity index (χ1) is 12.2. The van der Waals surface area contributed by atoms with Crippen LogP contribution in [0.15, 0.2) is 53.7 Å². The predicted molar refractivity (Wildman–Crippen MR) is 113 cm³/mol. The first-order valence-corrected chi connectivity index (χ1v) is 7.95. The van der Waals surface area contributed by atoms with Gasteiger partial charge in [-0.2, -0.15) is 0 Å². The van der Waals surface area contributed by atoms with Crippen LogP contribution in [0.4, 0.5) is 0 Å². The molecule has 0 saturated carbocycles. The van der Waals surface area contributed by atoms with E-state index in [-0.39, 0.29) is 36.4 Å². The summed E-state index contributed by atoms with van der Waals surface area (Å²) >= 11 is 0. The van der Waals surface area contributed by atoms with Crippen LogP contribution >= 0.6 is 24.0 Å². The molecule has 0 saturated heterocycles. The molecule has 2 rings (SSSR count). The Hall–Kier alpha value is -2.36. The largest absolute Gasteiger partial charge is 0.497 e. The summed E-state index contributed by atoms with van der Waals surface area (Å²) in [5.74, 6) is 1.22. The number of halogens is 1. The second-order valence-corrected chi connectivity index (χ2v) is 5.23. The summed E-state index contributed by atoms with van der Waals surface area (Å²) in [4.78, 5) is 20.2. The number of carbonyl (C=O) groups excluding carboxylic acids is 1. The lowest BCUT2D eigenvalue weighted by atomic mass is 10.2. The van der Waals surface area contributed by atoms with Crippen molar-refractivity contribution >= 4 is 35.8 Å². The Morgan fingerprint density at radius 3 is 2.46 bits per heavy atom. The maximum atomic E-state index is 11.9. The fourth-order valence-electron chi connectivity index (χ4n) is 2.07. The Labute approximate surface area is 170 Å². The number of pyridine rings is 1. The monoisotopic (exact) mass is 469 g/mol. The van der Waals surface area contributed by atoms with Gasteiger partial charge in [-0.1, -0.05) is 18.2 Å². The van der Waals surface area contributed by atoms with Gasteiger partial charge in [0.05, 0.1) is 25.9 Å². The van der Waals surface area contributed by atoms with Crippen molar-refractivity contribution in [1.29, 1.82) is 0 Å². The molecule has 0 aliphatic carbocycles. The number of methoxy groups -OCH3 is 1. The molecule has 3 N–H and O–H groups in total. The molecule has 1 aromatic heterocycles. The van der Waals surface area contributed by atoms with Gasteiger partial charge in [0.25, 0.3) is 0 Å². The van der Waals surface area contributed by atoms with E-state index in [9.17, 15) is 4.79 Å². The zero-order valence-electron chi connectivity index (χ0n) is 14.9. The Bertz CT molecular complexity index is 692. The molecule has 0 aliphatic heterocycles. The molecule has 0 fully saturated rings. The fourth-order valence-corrected chi connectivity index (χ4v) is 2.07. The number of benzene rings is 1. The Kier molecular flexibility index (Phi) is 10.1. The maximum absolute atomic E-state index is 11.9. The lowest BCUT2D eigenvalue weighted by Gasteiger charge is -2.12. The van der Waals surface area contributed by atoms with Crippen molar-refractivity contribution in [2.75, 3.05) is 20.7 Å². The number of nitrogens with zero attached hydrogens (tertiary/aromatic N) is 2. The number of amides is 1. The predicted octanol–water partition coefficient (Wildman–Crippen LogP) is 1.69. The summed E-state index contributed by atoms with van der Waals surface area (Å²) in [6.45, 7) is 1.14. The molecule has 0 atom stereocenters. The highest BCUT2D eigenvalue weighted by Gasteiger charge is 2.04. The third kappa shape index (κ3) is 7.68. The molecule has 8 heteroatoms. The van der Waals surface area contributed by atoms with Crippen LogP contribution in [0.25, 0.3) is 0 Å². The van der Waals surface area contributed by atoms with Crippen LogP contribution in [-0.2, 0) is 17.9 Å². The van der Waals surface area contributed by atoms with Crippen molar-refractivity contribution in [2.45, 2.75) is 13.1 Å². The summed E-state index contributed by atoms with van der Waals surface area (Å²) in [5.41, 5.74) is 1.90. The quantitative estimate of drug-likeness (QED) is 0.327. The zero-order chi connectivity index (χ0) is 17.9. The summed E-state index contributed by atoms with van der Waals surface area (Å²) in [6, 6.07) is 13.3. The zero-order valence-corrected chi connectivity index (χ0v) is 17.2. The molecule has 0 spiro atoms. The minimum Gasteiger partial charge on any atom is -0.497 e. The van der Waals surface area contributed by atoms with Gasteiger partial charge in [-0.3, -0.25) is 14.8 Å². The van der Waals surface area contributed by atoms with Crippen molar-refractivity contribution in [2.24, 2.45) is 4.99 Å². The van der Waals surface area contributed by atoms with Crippen LogP contribution in [0.5, 0.6) is 5.75 Å². The third-order valence-corrected chi connectivity index (χ3v) is 3.45. The van der Waals surface area contributed by atoms with E-state index in [1.807, 2.05) is 42.5 Å². The van der Waals surface area contributed by atoms with Gasteiger partial charge in [0.1, 0.15) is 5.75 Å². The SMILES string of the molecule is CN=C(NCC(=O)NCc1ccc(OC)cc1)NCc1ccccn1.I. The molecular weight excluding hydrogens is 445 g/mol. The van der Waals surface area contributed by atoms with Crippen LogP contribution < -0.4 is 20.7 Å². The summed E-state index contributed by atoms with van der Waals surface area (Å²) in [5, 5.41) is 8.94. The number of guanidine groups is 1. The molecule has 0 aliphatic rings. The number of rotatable bonds is 7. The normalized spacial score (nSPS) is 10.5. The number of carbonyl (C=O) groups is 1. The average Bonchev–Trinajstić information content (AvgIpc) is 2.67. The number of hydrogen-bond donors (Lipinski definition) is 3. The summed E-state index contributed by atoms with van der Waals surface area (Å²) in [7, 11) is 3.28. The van der Waals surface area contributed by atoms with Crippen LogP contribution in [0.3, 0.4) is 0 Å². The molecule has 7 nitrogen and oxygen atoms in total. The van der Waals surface area contributed by atoms with Crippen molar-refractivity contribution in [3.8, 4) is 5.75 Å². The minimum atomic E-state index is -0.114. The standard InChI is InChI=1S/C18H23N5O2.HI/c1-19-18(22-12-15-5-3-4-10-20-15)23-13-17(24)21-11-14-6-8-16(25-2)9-7-14;/h3-10H,11-13H2,1-2H3,(H,21,24)(H2,19,22,23);1H. The van der Waals surface area contributed by atoms with E-state index >= 15 is 0 Å². The Balaban J connectivity index is 0.00000338. The molecule has 2 aromatic rings. The lowest BCUT2D eigenvalue weighted by molar-refractivity contribution is -0.120. The van der Waals surface area contributed by atoms with Crippen LogP contribution in [0.1, 0.15) is 11.3 Å². The van der Waals surface area contributed by atoms with Gasteiger partial charge in [0.15, 0.2) is 5.96 Å². The number of hydrogen-bond acceptors (Lipinski definition) is 4. The minimum absolute atomic E-state index is 0. The first-order valence-electron chi connectivity index (χ1n) is 7.95. The number of ether oxygens (including phenoxy) is 1. The van der Waals surface area contributed by atoms with Crippen LogP contribution in [-0.4, -0.2) is 37.6 Å². The molecular formula is C18H24IN5O2. The average molecular weight is 469 g/mol. The molecule has 1 heterocycles. The lowest BCUT2D eigenvalue weighted by Crippen LogP contribution is -2.42. The van der Waals surface area contributed by atoms with E-state index in [2.05, 4.69) is 25.9 Å². The highest BCUT2D eigenvalue weighted by atomic mass is 127. The molecule has 1 amide bonds. The van der Waals surface area contributed by atoms with E-state index in [4.69, 9.17) is 4.74 Å². The first kappa shape index (κ1) is 21.7. The second kappa shape index (κ2) is 12.1. The Morgan fingerprint density at radius 2 is 1.85 bits per heavy atom. The van der Waals surface area contributed by atoms with Crippen molar-refractivity contribution in [3.63, 3.8) is 0 Å². The van der Waals surface area contributed by atoms with Crippen molar-refractivity contribution < 1.29 is 9.53 Å². The molecule has 1 aromatic carbocycles. The smallest absolute Gasteiger partial charge is 0.239 e. The highest BCUT2D eigenvalue weighted by Crippen LogP contribution is 2.10. The highest BCUT2D eigenvalue weighted by molar-refractivity contribution is 14.0. The molecule has 26 heavy (non-hydrogen) atoms. The number of aliphatic imine (C=N–C) groups is 1. The van der Waals surface area contributed by atoms with Gasteiger partial charge in [0, 0.05) is 19.8 Å². The van der Waals surface area contributed by atoms with E-state index in [1.165, 1.54) is 0 Å². The number of nitrogens with one attached hydrogen (secondary N) is 3. The van der Waals surface area contributed by atoms with Gasteiger partial charge < -0.3 is 20.7 Å². The van der Waals surface area contributed by atoms with E-state index < -0.39 is 0 Å². The topological polar surface area (TPSA) is 87.6 Å². The summed E-state index contributed by atoms with van der Waals surface area (Å²) < 4.78 is 5.11. The van der Waals surface area contributed by atoms with Crippen LogP contribution in [0, 0.1) is 0 Å². The second-order valence-electron chi connectivity index (χ2n) is 5.23. The van der Waals surface area contributed by atoms with Gasteiger partial charge in [-0.05, 0) is 29.8 Å². The van der Waals surface area contributed by atoms with Gasteiger partial charge >= 0.3 is 0 Å². The van der Waals surface area contributed by atoms with E-state index in [0.717, 1.165) is 17.0 Å². The summed E-state index contributed by atoms with van der Waals surface area (Å²) in [6.07, 6.45) is 1.74. The number of aromatic nitrogens is 1. The molecule has 0 unspecified atom stereocenters. The van der Waals surface area contributed by atoms with Crippen molar-refractivity contribution in [1.82, 2.24) is 20.9 Å². The van der Waals surface area contributed by atoms with Crippen molar-refractivity contribution in [3.05, 3.63) is 59.9 Å². The van der Waals surface area contributed by atoms with Gasteiger partial charge in [-0.25, -0.2) is 0 Å². The van der Waals surface area contributed by atoms with Crippen LogP contribution in [0.2, 0.25) is 0 Å². The fraction of sp³-hybridized carbons (Fsp3) is 0.278. The van der Waals surface area contributed by atoms with Gasteiger partial charge in [-0.15, -0.1) is 24.0 Å². The Morgan fingerprint density at radius 1 is 1.08 bits per heavy atom. The molecule has 0 bridgehead atoms.